The van der Waals surface area contributed by atoms with Gasteiger partial charge in [-0.1, -0.05) is 57.9 Å². The Bertz CT molecular complexity index is 823. The minimum Gasteiger partial charge on any atom is -0.353 e. The number of amides is 1. The van der Waals surface area contributed by atoms with Gasteiger partial charge in [0.2, 0.25) is 5.91 Å². The normalized spacial score (nSPS) is 19.6. The molecule has 0 atom stereocenters. The van der Waals surface area contributed by atoms with E-state index in [9.17, 15) is 4.79 Å². The fourth-order valence-electron chi connectivity index (χ4n) is 4.19. The van der Waals surface area contributed by atoms with Gasteiger partial charge in [0, 0.05) is 30.1 Å². The number of aryl methyl sites for hydroxylation is 1. The number of likely N-dealkylation sites (tertiary alicyclic amines) is 1. The molecule has 2 aromatic carbocycles. The van der Waals surface area contributed by atoms with E-state index in [4.69, 9.17) is 0 Å². The van der Waals surface area contributed by atoms with Gasteiger partial charge < -0.3 is 5.32 Å². The van der Waals surface area contributed by atoms with Crippen molar-refractivity contribution in [1.82, 2.24) is 10.2 Å². The second kappa shape index (κ2) is 7.76. The maximum absolute atomic E-state index is 13.0. The average molecular weight is 427 g/mol. The molecule has 142 valence electrons. The van der Waals surface area contributed by atoms with Gasteiger partial charge in [0.15, 0.2) is 0 Å². The Kier molecular flexibility index (Phi) is 5.38. The Balaban J connectivity index is 1.31. The lowest BCUT2D eigenvalue weighted by Crippen LogP contribution is -2.47. The number of hydrogen-bond acceptors (Lipinski definition) is 2. The van der Waals surface area contributed by atoms with E-state index in [1.165, 1.54) is 11.1 Å². The second-order valence-corrected chi connectivity index (χ2v) is 9.02. The summed E-state index contributed by atoms with van der Waals surface area (Å²) < 4.78 is 1.04. The molecule has 0 radical (unpaired) electrons. The van der Waals surface area contributed by atoms with Gasteiger partial charge in [0.1, 0.15) is 0 Å². The molecule has 0 unspecified atom stereocenters. The number of carbonyl (C=O) groups is 1. The molecular formula is C23H27BrN2O. The van der Waals surface area contributed by atoms with E-state index in [1.807, 2.05) is 12.1 Å². The molecule has 1 saturated carbocycles. The second-order valence-electron chi connectivity index (χ2n) is 8.11. The van der Waals surface area contributed by atoms with Crippen LogP contribution < -0.4 is 5.32 Å². The summed E-state index contributed by atoms with van der Waals surface area (Å²) in [7, 11) is 0. The summed E-state index contributed by atoms with van der Waals surface area (Å²) in [4.78, 5) is 15.5. The fraction of sp³-hybridized carbons (Fsp3) is 0.435. The number of nitrogens with zero attached hydrogens (tertiary/aromatic N) is 1. The van der Waals surface area contributed by atoms with E-state index in [1.54, 1.807) is 0 Å². The lowest BCUT2D eigenvalue weighted by Gasteiger charge is -2.33. The van der Waals surface area contributed by atoms with Gasteiger partial charge in [-0.2, -0.15) is 0 Å². The zero-order chi connectivity index (χ0) is 18.9. The molecule has 1 heterocycles. The molecule has 27 heavy (non-hydrogen) atoms. The van der Waals surface area contributed by atoms with E-state index in [2.05, 4.69) is 69.5 Å². The molecule has 1 saturated heterocycles. The third-order valence-corrected chi connectivity index (χ3v) is 6.47. The van der Waals surface area contributed by atoms with Gasteiger partial charge in [-0.05, 0) is 55.9 Å². The predicted octanol–water partition coefficient (Wildman–Crippen LogP) is 4.57. The van der Waals surface area contributed by atoms with Gasteiger partial charge in [-0.25, -0.2) is 0 Å². The SMILES string of the molecule is Cc1cccc(CN2CCC(NC(=O)C3(c4cccc(Br)c4)CC3)CC2)c1. The summed E-state index contributed by atoms with van der Waals surface area (Å²) in [6.07, 6.45) is 3.99. The summed E-state index contributed by atoms with van der Waals surface area (Å²) in [5, 5.41) is 3.35. The quantitative estimate of drug-likeness (QED) is 0.758. The van der Waals surface area contributed by atoms with Crippen LogP contribution in [0.25, 0.3) is 0 Å². The Morgan fingerprint density at radius 3 is 2.56 bits per heavy atom. The van der Waals surface area contributed by atoms with Crippen LogP contribution in [0.2, 0.25) is 0 Å². The van der Waals surface area contributed by atoms with E-state index >= 15 is 0 Å². The molecular weight excluding hydrogens is 400 g/mol. The smallest absolute Gasteiger partial charge is 0.230 e. The predicted molar refractivity (Wildman–Crippen MR) is 113 cm³/mol. The molecule has 1 amide bonds. The molecule has 4 heteroatoms. The van der Waals surface area contributed by atoms with Crippen LogP contribution in [0.15, 0.2) is 53.0 Å². The van der Waals surface area contributed by atoms with E-state index in [0.29, 0.717) is 6.04 Å². The molecule has 1 aliphatic heterocycles. The Morgan fingerprint density at radius 2 is 1.89 bits per heavy atom. The van der Waals surface area contributed by atoms with Crippen LogP contribution in [-0.2, 0) is 16.8 Å². The minimum atomic E-state index is -0.289. The van der Waals surface area contributed by atoms with Crippen LogP contribution in [0.3, 0.4) is 0 Å². The topological polar surface area (TPSA) is 32.3 Å². The average Bonchev–Trinajstić information content (AvgIpc) is 3.45. The maximum atomic E-state index is 13.0. The van der Waals surface area contributed by atoms with Crippen molar-refractivity contribution in [3.63, 3.8) is 0 Å². The number of halogens is 1. The number of nitrogens with one attached hydrogen (secondary N) is 1. The Morgan fingerprint density at radius 1 is 1.15 bits per heavy atom. The first-order valence-corrected chi connectivity index (χ1v) is 10.7. The number of carbonyl (C=O) groups excluding carboxylic acids is 1. The van der Waals surface area contributed by atoms with Crippen LogP contribution in [0.4, 0.5) is 0 Å². The molecule has 0 spiro atoms. The van der Waals surface area contributed by atoms with Crippen molar-refractivity contribution < 1.29 is 4.79 Å². The van der Waals surface area contributed by atoms with Gasteiger partial charge >= 0.3 is 0 Å². The number of benzene rings is 2. The highest BCUT2D eigenvalue weighted by atomic mass is 79.9. The molecule has 2 aliphatic rings. The molecule has 0 aromatic heterocycles. The van der Waals surface area contributed by atoms with Crippen LogP contribution in [0.5, 0.6) is 0 Å². The van der Waals surface area contributed by atoms with Crippen molar-refractivity contribution in [2.24, 2.45) is 0 Å². The first-order chi connectivity index (χ1) is 13.0. The number of rotatable bonds is 5. The van der Waals surface area contributed by atoms with Crippen molar-refractivity contribution in [2.75, 3.05) is 13.1 Å². The van der Waals surface area contributed by atoms with Crippen LogP contribution in [-0.4, -0.2) is 29.9 Å². The molecule has 0 bridgehead atoms. The van der Waals surface area contributed by atoms with E-state index < -0.39 is 0 Å². The largest absolute Gasteiger partial charge is 0.353 e. The lowest BCUT2D eigenvalue weighted by molar-refractivity contribution is -0.124. The Hall–Kier alpha value is -1.65. The molecule has 1 aliphatic carbocycles. The monoisotopic (exact) mass is 426 g/mol. The number of piperidine rings is 1. The van der Waals surface area contributed by atoms with Crippen LogP contribution in [0, 0.1) is 6.92 Å². The molecule has 2 fully saturated rings. The third kappa shape index (κ3) is 4.27. The van der Waals surface area contributed by atoms with Crippen molar-refractivity contribution in [3.8, 4) is 0 Å². The summed E-state index contributed by atoms with van der Waals surface area (Å²) in [6, 6.07) is 17.3. The standard InChI is InChI=1S/C23H27BrN2O/c1-17-4-2-5-18(14-17)16-26-12-8-21(9-13-26)25-22(27)23(10-11-23)19-6-3-7-20(24)15-19/h2-7,14-15,21H,8-13,16H2,1H3,(H,25,27). The maximum Gasteiger partial charge on any atom is 0.230 e. The van der Waals surface area contributed by atoms with Gasteiger partial charge in [0.25, 0.3) is 0 Å². The highest BCUT2D eigenvalue weighted by molar-refractivity contribution is 9.10. The molecule has 4 rings (SSSR count). The van der Waals surface area contributed by atoms with Crippen molar-refractivity contribution in [2.45, 2.75) is 50.6 Å². The third-order valence-electron chi connectivity index (χ3n) is 5.97. The zero-order valence-corrected chi connectivity index (χ0v) is 17.5. The van der Waals surface area contributed by atoms with Crippen molar-refractivity contribution in [3.05, 3.63) is 69.7 Å². The summed E-state index contributed by atoms with van der Waals surface area (Å²) >= 11 is 3.53. The lowest BCUT2D eigenvalue weighted by atomic mass is 9.94. The van der Waals surface area contributed by atoms with E-state index in [-0.39, 0.29) is 11.3 Å². The zero-order valence-electron chi connectivity index (χ0n) is 15.9. The van der Waals surface area contributed by atoms with Crippen LogP contribution >= 0.6 is 15.9 Å². The van der Waals surface area contributed by atoms with Crippen LogP contribution in [0.1, 0.15) is 42.4 Å². The first-order valence-electron chi connectivity index (χ1n) is 9.90. The summed E-state index contributed by atoms with van der Waals surface area (Å²) in [5.41, 5.74) is 3.55. The summed E-state index contributed by atoms with van der Waals surface area (Å²) in [5.74, 6) is 0.220. The van der Waals surface area contributed by atoms with Gasteiger partial charge in [-0.3, -0.25) is 9.69 Å². The van der Waals surface area contributed by atoms with Crippen molar-refractivity contribution >= 4 is 21.8 Å². The van der Waals surface area contributed by atoms with Gasteiger partial charge in [-0.15, -0.1) is 0 Å². The van der Waals surface area contributed by atoms with E-state index in [0.717, 1.165) is 55.4 Å². The van der Waals surface area contributed by atoms with Gasteiger partial charge in [0.05, 0.1) is 5.41 Å². The van der Waals surface area contributed by atoms with Crippen molar-refractivity contribution in [1.29, 1.82) is 0 Å². The Labute approximate surface area is 170 Å². The minimum absolute atomic E-state index is 0.220. The summed E-state index contributed by atoms with van der Waals surface area (Å²) in [6.45, 7) is 5.24. The molecule has 1 N–H and O–H groups in total. The first kappa shape index (κ1) is 18.7. The molecule has 3 nitrogen and oxygen atoms in total. The molecule has 2 aromatic rings. The highest BCUT2D eigenvalue weighted by Gasteiger charge is 2.51. The fourth-order valence-corrected chi connectivity index (χ4v) is 4.58. The highest BCUT2D eigenvalue weighted by Crippen LogP contribution is 2.49. The number of hydrogen-bond donors (Lipinski definition) is 1.